The van der Waals surface area contributed by atoms with Crippen molar-refractivity contribution in [2.24, 2.45) is 0 Å². The van der Waals surface area contributed by atoms with Crippen LogP contribution in [0.5, 0.6) is 0 Å². The van der Waals surface area contributed by atoms with Crippen LogP contribution < -0.4 is 5.32 Å². The van der Waals surface area contributed by atoms with Crippen molar-refractivity contribution in [3.63, 3.8) is 0 Å². The molecular weight excluding hydrogens is 290 g/mol. The molecule has 0 atom stereocenters. The molecule has 3 rings (SSSR count). The number of halogens is 1. The van der Waals surface area contributed by atoms with Gasteiger partial charge in [0.05, 0.1) is 5.69 Å². The lowest BCUT2D eigenvalue weighted by Gasteiger charge is -2.02. The number of H-pyrrole nitrogens is 1. The average Bonchev–Trinajstić information content (AvgIpc) is 2.88. The molecule has 1 aliphatic rings. The van der Waals surface area contributed by atoms with E-state index < -0.39 is 0 Å². The van der Waals surface area contributed by atoms with Crippen LogP contribution in [0.4, 0.5) is 0 Å². The van der Waals surface area contributed by atoms with E-state index >= 15 is 0 Å². The maximum Gasteiger partial charge on any atom is 0.107 e. The van der Waals surface area contributed by atoms with E-state index in [0.29, 0.717) is 0 Å². The number of hydrogen-bond donors (Lipinski definition) is 2. The lowest BCUT2D eigenvalue weighted by Crippen LogP contribution is -2.08. The first-order valence-corrected chi connectivity index (χ1v) is 7.09. The second-order valence-electron chi connectivity index (χ2n) is 4.66. The van der Waals surface area contributed by atoms with Crippen LogP contribution in [0, 0.1) is 0 Å². The van der Waals surface area contributed by atoms with Gasteiger partial charge in [-0.15, -0.1) is 0 Å². The fourth-order valence-electron chi connectivity index (χ4n) is 2.50. The Labute approximate surface area is 115 Å². The van der Waals surface area contributed by atoms with Crippen molar-refractivity contribution < 1.29 is 0 Å². The highest BCUT2D eigenvalue weighted by Crippen LogP contribution is 2.38. The molecule has 0 spiro atoms. The zero-order valence-electron chi connectivity index (χ0n) is 10.4. The predicted molar refractivity (Wildman–Crippen MR) is 76.8 cm³/mol. The zero-order valence-corrected chi connectivity index (χ0v) is 12.0. The number of nitrogens with one attached hydrogen (secondary N) is 2. The predicted octanol–water partition coefficient (Wildman–Crippen LogP) is 2.90. The minimum absolute atomic E-state index is 0.963. The van der Waals surface area contributed by atoms with Crippen LogP contribution in [0.2, 0.25) is 0 Å². The van der Waals surface area contributed by atoms with E-state index in [1.807, 2.05) is 7.05 Å². The van der Waals surface area contributed by atoms with E-state index in [-0.39, 0.29) is 0 Å². The van der Waals surface area contributed by atoms with Gasteiger partial charge in [-0.25, -0.2) is 4.98 Å². The van der Waals surface area contributed by atoms with Gasteiger partial charge in [0.25, 0.3) is 0 Å². The van der Waals surface area contributed by atoms with Gasteiger partial charge in [-0.1, -0.05) is 28.1 Å². The Bertz CT molecular complexity index is 574. The number of fused-ring (bicyclic) bond motifs is 3. The van der Waals surface area contributed by atoms with Crippen LogP contribution in [0.1, 0.15) is 23.5 Å². The summed E-state index contributed by atoms with van der Waals surface area (Å²) in [4.78, 5) is 8.21. The summed E-state index contributed by atoms with van der Waals surface area (Å²) >= 11 is 3.61. The summed E-state index contributed by atoms with van der Waals surface area (Å²) in [7, 11) is 1.98. The molecule has 0 saturated heterocycles. The topological polar surface area (TPSA) is 40.7 Å². The largest absolute Gasteiger partial charge is 0.345 e. The Morgan fingerprint density at radius 1 is 1.44 bits per heavy atom. The Balaban J connectivity index is 1.87. The van der Waals surface area contributed by atoms with Crippen LogP contribution in [0.25, 0.3) is 11.3 Å². The van der Waals surface area contributed by atoms with Gasteiger partial charge in [-0.2, -0.15) is 0 Å². The Kier molecular flexibility index (Phi) is 3.22. The Morgan fingerprint density at radius 2 is 2.33 bits per heavy atom. The highest BCUT2D eigenvalue weighted by atomic mass is 79.9. The molecule has 18 heavy (non-hydrogen) atoms. The molecule has 0 radical (unpaired) electrons. The normalized spacial score (nSPS) is 12.6. The van der Waals surface area contributed by atoms with Crippen LogP contribution in [0.15, 0.2) is 22.7 Å². The van der Waals surface area contributed by atoms with Crippen molar-refractivity contribution >= 4 is 15.9 Å². The smallest absolute Gasteiger partial charge is 0.107 e. The van der Waals surface area contributed by atoms with Crippen LogP contribution in [-0.2, 0) is 12.8 Å². The molecule has 0 unspecified atom stereocenters. The Morgan fingerprint density at radius 3 is 3.17 bits per heavy atom. The molecule has 2 N–H and O–H groups in total. The number of rotatable bonds is 4. The molecule has 1 heterocycles. The van der Waals surface area contributed by atoms with Gasteiger partial charge >= 0.3 is 0 Å². The van der Waals surface area contributed by atoms with E-state index in [1.165, 1.54) is 21.3 Å². The van der Waals surface area contributed by atoms with Crippen molar-refractivity contribution in [3.8, 4) is 11.3 Å². The number of aromatic amines is 1. The maximum absolute atomic E-state index is 4.74. The summed E-state index contributed by atoms with van der Waals surface area (Å²) in [5.74, 6) is 1.11. The van der Waals surface area contributed by atoms with Crippen LogP contribution >= 0.6 is 15.9 Å². The third-order valence-electron chi connectivity index (χ3n) is 3.40. The van der Waals surface area contributed by atoms with E-state index in [1.54, 1.807) is 0 Å². The Hall–Kier alpha value is -1.13. The van der Waals surface area contributed by atoms with E-state index in [2.05, 4.69) is 44.4 Å². The highest BCUT2D eigenvalue weighted by molar-refractivity contribution is 9.10. The van der Waals surface area contributed by atoms with Crippen molar-refractivity contribution in [2.45, 2.75) is 19.3 Å². The molecule has 1 aromatic carbocycles. The molecule has 0 aliphatic heterocycles. The second-order valence-corrected chi connectivity index (χ2v) is 5.51. The zero-order chi connectivity index (χ0) is 12.5. The molecule has 0 bridgehead atoms. The molecule has 4 heteroatoms. The molecule has 0 fully saturated rings. The number of aryl methyl sites for hydroxylation is 1. The third-order valence-corrected chi connectivity index (χ3v) is 4.14. The number of aromatic nitrogens is 2. The first-order valence-electron chi connectivity index (χ1n) is 6.29. The minimum atomic E-state index is 0.963. The van der Waals surface area contributed by atoms with Crippen molar-refractivity contribution in [3.05, 3.63) is 39.8 Å². The van der Waals surface area contributed by atoms with Gasteiger partial charge < -0.3 is 10.3 Å². The van der Waals surface area contributed by atoms with Crippen LogP contribution in [-0.4, -0.2) is 23.6 Å². The van der Waals surface area contributed by atoms with E-state index in [9.17, 15) is 0 Å². The molecule has 3 nitrogen and oxygen atoms in total. The van der Waals surface area contributed by atoms with Gasteiger partial charge in [0, 0.05) is 28.6 Å². The summed E-state index contributed by atoms with van der Waals surface area (Å²) in [6, 6.07) is 6.33. The third kappa shape index (κ3) is 1.99. The van der Waals surface area contributed by atoms with Crippen molar-refractivity contribution in [1.29, 1.82) is 0 Å². The SMILES string of the molecule is CNCCCc1nc2c([nH]1)Cc1c(Br)cccc1-2. The average molecular weight is 306 g/mol. The highest BCUT2D eigenvalue weighted by Gasteiger charge is 2.23. The molecule has 1 aliphatic carbocycles. The summed E-state index contributed by atoms with van der Waals surface area (Å²) in [6.45, 7) is 1.04. The first-order chi connectivity index (χ1) is 8.79. The van der Waals surface area contributed by atoms with E-state index in [0.717, 1.165) is 37.3 Å². The van der Waals surface area contributed by atoms with E-state index in [4.69, 9.17) is 4.98 Å². The van der Waals surface area contributed by atoms with Gasteiger partial charge in [0.2, 0.25) is 0 Å². The number of imidazole rings is 1. The quantitative estimate of drug-likeness (QED) is 0.728. The molecule has 94 valence electrons. The summed E-state index contributed by atoms with van der Waals surface area (Å²) in [5, 5.41) is 3.16. The van der Waals surface area contributed by atoms with Gasteiger partial charge in [0.15, 0.2) is 0 Å². The summed E-state index contributed by atoms with van der Waals surface area (Å²) in [6.07, 6.45) is 3.09. The molecule has 0 saturated carbocycles. The van der Waals surface area contributed by atoms with Crippen molar-refractivity contribution in [2.75, 3.05) is 13.6 Å². The minimum Gasteiger partial charge on any atom is -0.345 e. The monoisotopic (exact) mass is 305 g/mol. The summed E-state index contributed by atoms with van der Waals surface area (Å²) < 4.78 is 1.18. The molecule has 0 amide bonds. The van der Waals surface area contributed by atoms with Crippen molar-refractivity contribution in [1.82, 2.24) is 15.3 Å². The fourth-order valence-corrected chi connectivity index (χ4v) is 3.01. The van der Waals surface area contributed by atoms with Crippen LogP contribution in [0.3, 0.4) is 0 Å². The second kappa shape index (κ2) is 4.86. The standard InChI is InChI=1S/C14H16BrN3/c1-16-7-3-6-13-17-12-8-10-9(14(12)18-13)4-2-5-11(10)15/h2,4-5,16H,3,6-8H2,1H3,(H,17,18). The lowest BCUT2D eigenvalue weighted by molar-refractivity contribution is 0.706. The van der Waals surface area contributed by atoms with Gasteiger partial charge in [-0.05, 0) is 31.6 Å². The molecule has 1 aromatic heterocycles. The fraction of sp³-hybridized carbons (Fsp3) is 0.357. The number of benzene rings is 1. The first kappa shape index (κ1) is 11.9. The molecular formula is C14H16BrN3. The van der Waals surface area contributed by atoms with Gasteiger partial charge in [0.1, 0.15) is 5.82 Å². The number of nitrogens with zero attached hydrogens (tertiary/aromatic N) is 1. The maximum atomic E-state index is 4.74. The molecule has 2 aromatic rings. The lowest BCUT2D eigenvalue weighted by atomic mass is 10.1. The summed E-state index contributed by atoms with van der Waals surface area (Å²) in [5.41, 5.74) is 5.03. The number of hydrogen-bond acceptors (Lipinski definition) is 2. The van der Waals surface area contributed by atoms with Gasteiger partial charge in [-0.3, -0.25) is 0 Å².